The molecule has 98 valence electrons. The minimum Gasteiger partial charge on any atom is -0.471 e. The van der Waals surface area contributed by atoms with Crippen LogP contribution in [-0.4, -0.2) is 16.4 Å². The van der Waals surface area contributed by atoms with Gasteiger partial charge in [0.25, 0.3) is 5.91 Å². The first-order chi connectivity index (χ1) is 8.15. The normalized spacial score (nSPS) is 11.1. The Labute approximate surface area is 109 Å². The highest BCUT2D eigenvalue weighted by molar-refractivity contribution is 6.31. The molecule has 0 saturated heterocycles. The van der Waals surface area contributed by atoms with E-state index in [1.165, 1.54) is 26.0 Å². The van der Waals surface area contributed by atoms with Crippen molar-refractivity contribution in [3.05, 3.63) is 32.8 Å². The number of hydrogen-bond acceptors (Lipinski definition) is 4. The number of primary amides is 1. The van der Waals surface area contributed by atoms with Crippen LogP contribution in [0.15, 0.2) is 12.1 Å². The summed E-state index contributed by atoms with van der Waals surface area (Å²) in [6.45, 7) is 4.54. The lowest BCUT2D eigenvalue weighted by Gasteiger charge is -2.22. The number of halogens is 1. The Morgan fingerprint density at radius 2 is 2.06 bits per heavy atom. The highest BCUT2D eigenvalue weighted by Crippen LogP contribution is 2.34. The van der Waals surface area contributed by atoms with Gasteiger partial charge in [0, 0.05) is 6.07 Å². The summed E-state index contributed by atoms with van der Waals surface area (Å²) in [5.41, 5.74) is 4.11. The molecule has 1 amide bonds. The van der Waals surface area contributed by atoms with Gasteiger partial charge in [0.1, 0.15) is 0 Å². The van der Waals surface area contributed by atoms with E-state index in [0.29, 0.717) is 5.56 Å². The van der Waals surface area contributed by atoms with Crippen LogP contribution in [0.3, 0.4) is 0 Å². The fraction of sp³-hybridized carbons (Fsp3) is 0.364. The number of benzene rings is 1. The largest absolute Gasteiger partial charge is 0.471 e. The van der Waals surface area contributed by atoms with E-state index in [1.807, 2.05) is 0 Å². The van der Waals surface area contributed by atoms with Crippen molar-refractivity contribution >= 4 is 23.2 Å². The molecule has 1 rings (SSSR count). The molecule has 0 heterocycles. The molecule has 0 aliphatic heterocycles. The second kappa shape index (κ2) is 4.81. The SMILES string of the molecule is Cc1cc(OC(C)(C)C(N)=O)c([N+](=O)[O-])cc1Cl. The van der Waals surface area contributed by atoms with Gasteiger partial charge in [-0.25, -0.2) is 0 Å². The van der Waals surface area contributed by atoms with E-state index in [2.05, 4.69) is 0 Å². The molecule has 0 spiro atoms. The maximum absolute atomic E-state index is 11.2. The second-order valence-electron chi connectivity index (χ2n) is 4.30. The summed E-state index contributed by atoms with van der Waals surface area (Å²) in [4.78, 5) is 21.4. The summed E-state index contributed by atoms with van der Waals surface area (Å²) in [5.74, 6) is -0.755. The third-order valence-corrected chi connectivity index (χ3v) is 2.80. The first-order valence-electron chi connectivity index (χ1n) is 5.08. The van der Waals surface area contributed by atoms with Crippen LogP contribution in [0.4, 0.5) is 5.69 Å². The fourth-order valence-corrected chi connectivity index (χ4v) is 1.35. The average Bonchev–Trinajstić information content (AvgIpc) is 2.22. The number of aryl methyl sites for hydroxylation is 1. The smallest absolute Gasteiger partial charge is 0.312 e. The minimum absolute atomic E-state index is 0.0364. The Morgan fingerprint density at radius 1 is 1.50 bits per heavy atom. The molecule has 0 atom stereocenters. The first kappa shape index (κ1) is 14.2. The molecule has 2 N–H and O–H groups in total. The quantitative estimate of drug-likeness (QED) is 0.671. The third-order valence-electron chi connectivity index (χ3n) is 2.40. The minimum atomic E-state index is -1.34. The summed E-state index contributed by atoms with van der Waals surface area (Å²) in [7, 11) is 0. The lowest BCUT2D eigenvalue weighted by molar-refractivity contribution is -0.386. The lowest BCUT2D eigenvalue weighted by atomic mass is 10.1. The van der Waals surface area contributed by atoms with Crippen molar-refractivity contribution in [2.45, 2.75) is 26.4 Å². The average molecular weight is 273 g/mol. The van der Waals surface area contributed by atoms with E-state index >= 15 is 0 Å². The molecule has 0 saturated carbocycles. The van der Waals surface area contributed by atoms with Crippen LogP contribution < -0.4 is 10.5 Å². The molecule has 0 bridgehead atoms. The number of carbonyl (C=O) groups is 1. The van der Waals surface area contributed by atoms with Gasteiger partial charge in [-0.05, 0) is 32.4 Å². The molecule has 0 aliphatic rings. The Kier molecular flexibility index (Phi) is 3.81. The number of nitrogens with zero attached hydrogens (tertiary/aromatic N) is 1. The van der Waals surface area contributed by atoms with Gasteiger partial charge in [-0.15, -0.1) is 0 Å². The summed E-state index contributed by atoms with van der Waals surface area (Å²) in [6.07, 6.45) is 0. The maximum Gasteiger partial charge on any atom is 0.312 e. The summed E-state index contributed by atoms with van der Waals surface area (Å²) < 4.78 is 5.32. The number of carbonyl (C=O) groups excluding carboxylic acids is 1. The van der Waals surface area contributed by atoms with Crippen LogP contribution >= 0.6 is 11.6 Å². The Bertz CT molecular complexity index is 514. The second-order valence-corrected chi connectivity index (χ2v) is 4.71. The Balaban J connectivity index is 3.27. The van der Waals surface area contributed by atoms with Gasteiger partial charge in [0.05, 0.1) is 9.95 Å². The molecule has 0 fully saturated rings. The van der Waals surface area contributed by atoms with Crippen molar-refractivity contribution in [1.29, 1.82) is 0 Å². The van der Waals surface area contributed by atoms with Crippen LogP contribution in [0.5, 0.6) is 5.75 Å². The van der Waals surface area contributed by atoms with Crippen LogP contribution in [0.25, 0.3) is 0 Å². The van der Waals surface area contributed by atoms with Crippen LogP contribution in [0, 0.1) is 17.0 Å². The summed E-state index contributed by atoms with van der Waals surface area (Å²) in [6, 6.07) is 2.59. The van der Waals surface area contributed by atoms with E-state index in [-0.39, 0.29) is 16.5 Å². The van der Waals surface area contributed by atoms with E-state index in [4.69, 9.17) is 22.1 Å². The van der Waals surface area contributed by atoms with E-state index in [0.717, 1.165) is 0 Å². The van der Waals surface area contributed by atoms with Gasteiger partial charge in [-0.2, -0.15) is 0 Å². The zero-order valence-corrected chi connectivity index (χ0v) is 10.9. The molecule has 18 heavy (non-hydrogen) atoms. The first-order valence-corrected chi connectivity index (χ1v) is 5.46. The lowest BCUT2D eigenvalue weighted by Crippen LogP contribution is -2.43. The molecule has 0 radical (unpaired) electrons. The number of ether oxygens (including phenoxy) is 1. The fourth-order valence-electron chi connectivity index (χ4n) is 1.19. The summed E-state index contributed by atoms with van der Waals surface area (Å²) >= 11 is 5.81. The number of nitro benzene ring substituents is 1. The van der Waals surface area contributed by atoms with Crippen LogP contribution in [0.1, 0.15) is 19.4 Å². The molecular weight excluding hydrogens is 260 g/mol. The summed E-state index contributed by atoms with van der Waals surface area (Å²) in [5, 5.41) is 11.1. The van der Waals surface area contributed by atoms with Gasteiger partial charge >= 0.3 is 5.69 Å². The van der Waals surface area contributed by atoms with Gasteiger partial charge in [-0.3, -0.25) is 14.9 Å². The van der Waals surface area contributed by atoms with Gasteiger partial charge in [0.2, 0.25) is 0 Å². The van der Waals surface area contributed by atoms with Crippen molar-refractivity contribution in [2.75, 3.05) is 0 Å². The standard InChI is InChI=1S/C11H13ClN2O4/c1-6-4-9(18-11(2,3)10(13)15)8(14(16)17)5-7(6)12/h4-5H,1-3H3,(H2,13,15). The molecule has 0 aromatic heterocycles. The van der Waals surface area contributed by atoms with Gasteiger partial charge in [0.15, 0.2) is 11.4 Å². The van der Waals surface area contributed by atoms with Crippen molar-refractivity contribution in [1.82, 2.24) is 0 Å². The Hall–Kier alpha value is -1.82. The predicted octanol–water partition coefficient (Wildman–Crippen LogP) is 2.20. The number of amides is 1. The molecule has 1 aromatic carbocycles. The molecule has 0 aliphatic carbocycles. The van der Waals surface area contributed by atoms with Crippen molar-refractivity contribution < 1.29 is 14.5 Å². The molecule has 7 heteroatoms. The number of nitrogens with two attached hydrogens (primary N) is 1. The van der Waals surface area contributed by atoms with E-state index < -0.39 is 16.4 Å². The topological polar surface area (TPSA) is 95.5 Å². The van der Waals surface area contributed by atoms with Gasteiger partial charge in [-0.1, -0.05) is 11.6 Å². The monoisotopic (exact) mass is 272 g/mol. The van der Waals surface area contributed by atoms with Crippen LogP contribution in [0.2, 0.25) is 5.02 Å². The highest BCUT2D eigenvalue weighted by Gasteiger charge is 2.30. The zero-order valence-electron chi connectivity index (χ0n) is 10.2. The van der Waals surface area contributed by atoms with Crippen molar-refractivity contribution in [2.24, 2.45) is 5.73 Å². The zero-order chi connectivity index (χ0) is 14.1. The number of nitro groups is 1. The molecule has 0 unspecified atom stereocenters. The number of rotatable bonds is 4. The maximum atomic E-state index is 11.2. The van der Waals surface area contributed by atoms with Crippen molar-refractivity contribution in [3.63, 3.8) is 0 Å². The predicted molar refractivity (Wildman–Crippen MR) is 66.7 cm³/mol. The van der Waals surface area contributed by atoms with Crippen LogP contribution in [-0.2, 0) is 4.79 Å². The van der Waals surface area contributed by atoms with E-state index in [9.17, 15) is 14.9 Å². The van der Waals surface area contributed by atoms with E-state index in [1.54, 1.807) is 6.92 Å². The highest BCUT2D eigenvalue weighted by atomic mass is 35.5. The van der Waals surface area contributed by atoms with Gasteiger partial charge < -0.3 is 10.5 Å². The Morgan fingerprint density at radius 3 is 2.50 bits per heavy atom. The molecular formula is C11H13ClN2O4. The van der Waals surface area contributed by atoms with Crippen molar-refractivity contribution in [3.8, 4) is 5.75 Å². The third kappa shape index (κ3) is 2.89. The molecule has 6 nitrogen and oxygen atoms in total. The molecule has 1 aromatic rings. The number of hydrogen-bond donors (Lipinski definition) is 1.